The molecule has 1 saturated carbocycles. The Labute approximate surface area is 137 Å². The molecule has 0 spiro atoms. The number of carbonyl (C=O) groups excluding carboxylic acids is 1. The van der Waals surface area contributed by atoms with Crippen molar-refractivity contribution >= 4 is 11.9 Å². The molecule has 6 heteroatoms. The summed E-state index contributed by atoms with van der Waals surface area (Å²) < 4.78 is 0. The van der Waals surface area contributed by atoms with E-state index in [0.29, 0.717) is 32.0 Å². The second kappa shape index (κ2) is 8.00. The molecule has 0 radical (unpaired) electrons. The fourth-order valence-electron chi connectivity index (χ4n) is 3.43. The molecule has 1 aliphatic carbocycles. The molecule has 1 amide bonds. The molecule has 2 aliphatic rings. The van der Waals surface area contributed by atoms with Crippen LogP contribution >= 0.6 is 0 Å². The van der Waals surface area contributed by atoms with Crippen LogP contribution in [0.25, 0.3) is 0 Å². The molecule has 2 rings (SSSR count). The molecule has 0 unspecified atom stereocenters. The van der Waals surface area contributed by atoms with Gasteiger partial charge >= 0.3 is 5.97 Å². The maximum Gasteiger partial charge on any atom is 0.306 e. The number of amides is 1. The maximum atomic E-state index is 12.5. The zero-order valence-corrected chi connectivity index (χ0v) is 13.7. The van der Waals surface area contributed by atoms with Crippen LogP contribution in [0, 0.1) is 17.2 Å². The van der Waals surface area contributed by atoms with E-state index in [4.69, 9.17) is 5.11 Å². The van der Waals surface area contributed by atoms with Crippen molar-refractivity contribution in [3.05, 3.63) is 11.8 Å². The van der Waals surface area contributed by atoms with Gasteiger partial charge in [0.1, 0.15) is 11.6 Å². The molecule has 2 fully saturated rings. The van der Waals surface area contributed by atoms with E-state index in [9.17, 15) is 14.9 Å². The van der Waals surface area contributed by atoms with Gasteiger partial charge < -0.3 is 14.9 Å². The van der Waals surface area contributed by atoms with E-state index < -0.39 is 5.97 Å². The molecule has 1 heterocycles. The molecule has 0 aromatic carbocycles. The first kappa shape index (κ1) is 17.3. The van der Waals surface area contributed by atoms with Crippen molar-refractivity contribution in [3.63, 3.8) is 0 Å². The average molecular weight is 319 g/mol. The summed E-state index contributed by atoms with van der Waals surface area (Å²) in [6.45, 7) is 0.809. The van der Waals surface area contributed by atoms with Crippen LogP contribution in [0.4, 0.5) is 0 Å². The SMILES string of the molecule is CN(/C=C(/C#N)C(=O)N1CCC(C(=O)O)CC1)C1CCCCC1. The molecule has 1 N–H and O–H groups in total. The Kier molecular flexibility index (Phi) is 6.03. The fourth-order valence-corrected chi connectivity index (χ4v) is 3.43. The van der Waals surface area contributed by atoms with Crippen molar-refractivity contribution in [2.75, 3.05) is 20.1 Å². The molecule has 23 heavy (non-hydrogen) atoms. The lowest BCUT2D eigenvalue weighted by Gasteiger charge is -2.32. The van der Waals surface area contributed by atoms with E-state index >= 15 is 0 Å². The largest absolute Gasteiger partial charge is 0.481 e. The molecule has 1 aliphatic heterocycles. The number of rotatable bonds is 4. The summed E-state index contributed by atoms with van der Waals surface area (Å²) in [5, 5.41) is 18.3. The van der Waals surface area contributed by atoms with Gasteiger partial charge in [-0.25, -0.2) is 0 Å². The van der Waals surface area contributed by atoms with Gasteiger partial charge in [-0.3, -0.25) is 9.59 Å². The lowest BCUT2D eigenvalue weighted by molar-refractivity contribution is -0.145. The number of hydrogen-bond acceptors (Lipinski definition) is 4. The lowest BCUT2D eigenvalue weighted by Crippen LogP contribution is -2.41. The van der Waals surface area contributed by atoms with E-state index in [1.807, 2.05) is 18.0 Å². The summed E-state index contributed by atoms with van der Waals surface area (Å²) in [5.41, 5.74) is 0.145. The molecule has 0 bridgehead atoms. The van der Waals surface area contributed by atoms with Gasteiger partial charge in [0.15, 0.2) is 0 Å². The highest BCUT2D eigenvalue weighted by Gasteiger charge is 2.29. The van der Waals surface area contributed by atoms with Crippen LogP contribution in [0.15, 0.2) is 11.8 Å². The normalized spacial score (nSPS) is 20.9. The summed E-state index contributed by atoms with van der Waals surface area (Å²) in [5.74, 6) is -1.46. The topological polar surface area (TPSA) is 84.6 Å². The van der Waals surface area contributed by atoms with Gasteiger partial charge in [-0.2, -0.15) is 5.26 Å². The zero-order chi connectivity index (χ0) is 16.8. The molecule has 0 aromatic heterocycles. The highest BCUT2D eigenvalue weighted by Crippen LogP contribution is 2.23. The monoisotopic (exact) mass is 319 g/mol. The molecule has 0 aromatic rings. The molecular weight excluding hydrogens is 294 g/mol. The van der Waals surface area contributed by atoms with Crippen molar-refractivity contribution in [3.8, 4) is 6.07 Å². The van der Waals surface area contributed by atoms with Gasteiger partial charge in [0.25, 0.3) is 5.91 Å². The number of nitriles is 1. The van der Waals surface area contributed by atoms with Gasteiger partial charge in [-0.05, 0) is 25.7 Å². The van der Waals surface area contributed by atoms with Crippen molar-refractivity contribution in [1.29, 1.82) is 5.26 Å². The van der Waals surface area contributed by atoms with Crippen LogP contribution in [0.5, 0.6) is 0 Å². The predicted octanol–water partition coefficient (Wildman–Crippen LogP) is 1.98. The second-order valence-corrected chi connectivity index (χ2v) is 6.52. The minimum Gasteiger partial charge on any atom is -0.481 e. The minimum atomic E-state index is -0.801. The Morgan fingerprint density at radius 3 is 2.30 bits per heavy atom. The fraction of sp³-hybridized carbons (Fsp3) is 0.706. The second-order valence-electron chi connectivity index (χ2n) is 6.52. The summed E-state index contributed by atoms with van der Waals surface area (Å²) in [4.78, 5) is 27.1. The Balaban J connectivity index is 1.97. The van der Waals surface area contributed by atoms with Crippen molar-refractivity contribution in [2.45, 2.75) is 51.0 Å². The molecule has 1 saturated heterocycles. The quantitative estimate of drug-likeness (QED) is 0.632. The van der Waals surface area contributed by atoms with E-state index in [0.717, 1.165) is 12.8 Å². The summed E-state index contributed by atoms with van der Waals surface area (Å²) in [6.07, 6.45) is 8.44. The number of nitrogens with zero attached hydrogens (tertiary/aromatic N) is 3. The van der Waals surface area contributed by atoms with Crippen molar-refractivity contribution < 1.29 is 14.7 Å². The van der Waals surface area contributed by atoms with Gasteiger partial charge in [-0.15, -0.1) is 0 Å². The molecule has 6 nitrogen and oxygen atoms in total. The number of aliphatic carboxylic acids is 1. The third-order valence-corrected chi connectivity index (χ3v) is 4.97. The summed E-state index contributed by atoms with van der Waals surface area (Å²) in [6, 6.07) is 2.42. The van der Waals surface area contributed by atoms with Crippen LogP contribution in [-0.2, 0) is 9.59 Å². The van der Waals surface area contributed by atoms with Gasteiger partial charge in [-0.1, -0.05) is 19.3 Å². The van der Waals surface area contributed by atoms with E-state index in [1.165, 1.54) is 19.3 Å². The number of carbonyl (C=O) groups is 2. The highest BCUT2D eigenvalue weighted by molar-refractivity contribution is 5.97. The molecule has 126 valence electrons. The third-order valence-electron chi connectivity index (χ3n) is 4.97. The summed E-state index contributed by atoms with van der Waals surface area (Å²) in [7, 11) is 1.93. The van der Waals surface area contributed by atoms with Gasteiger partial charge in [0.2, 0.25) is 0 Å². The lowest BCUT2D eigenvalue weighted by atomic mass is 9.94. The Hall–Kier alpha value is -2.03. The first-order valence-corrected chi connectivity index (χ1v) is 8.39. The average Bonchev–Trinajstić information content (AvgIpc) is 2.59. The number of carboxylic acids is 1. The number of piperidine rings is 1. The van der Waals surface area contributed by atoms with E-state index in [-0.39, 0.29) is 17.4 Å². The van der Waals surface area contributed by atoms with E-state index in [1.54, 1.807) is 11.1 Å². The van der Waals surface area contributed by atoms with Crippen molar-refractivity contribution in [1.82, 2.24) is 9.80 Å². The van der Waals surface area contributed by atoms with Gasteiger partial charge in [0, 0.05) is 32.4 Å². The Morgan fingerprint density at radius 2 is 1.78 bits per heavy atom. The van der Waals surface area contributed by atoms with Crippen LogP contribution in [0.2, 0.25) is 0 Å². The first-order valence-electron chi connectivity index (χ1n) is 8.39. The standard InChI is InChI=1S/C17H25N3O3/c1-19(15-5-3-2-4-6-15)12-14(11-18)16(21)20-9-7-13(8-10-20)17(22)23/h12-13,15H,2-10H2,1H3,(H,22,23)/b14-12-. The Bertz CT molecular complexity index is 510. The number of likely N-dealkylation sites (tertiary alicyclic amines) is 1. The van der Waals surface area contributed by atoms with E-state index in [2.05, 4.69) is 0 Å². The maximum absolute atomic E-state index is 12.5. The van der Waals surface area contributed by atoms with Crippen LogP contribution < -0.4 is 0 Å². The third kappa shape index (κ3) is 4.47. The minimum absolute atomic E-state index is 0.145. The zero-order valence-electron chi connectivity index (χ0n) is 13.7. The van der Waals surface area contributed by atoms with Crippen LogP contribution in [-0.4, -0.2) is 53.0 Å². The smallest absolute Gasteiger partial charge is 0.306 e. The predicted molar refractivity (Wildman–Crippen MR) is 85.3 cm³/mol. The Morgan fingerprint density at radius 1 is 1.17 bits per heavy atom. The first-order chi connectivity index (χ1) is 11.0. The number of hydrogen-bond donors (Lipinski definition) is 1. The highest BCUT2D eigenvalue weighted by atomic mass is 16.4. The summed E-state index contributed by atoms with van der Waals surface area (Å²) >= 11 is 0. The molecule has 0 atom stereocenters. The van der Waals surface area contributed by atoms with Crippen LogP contribution in [0.1, 0.15) is 44.9 Å². The van der Waals surface area contributed by atoms with Crippen LogP contribution in [0.3, 0.4) is 0 Å². The molecular formula is C17H25N3O3. The number of carboxylic acid groups (broad SMARTS) is 1. The van der Waals surface area contributed by atoms with Gasteiger partial charge in [0.05, 0.1) is 5.92 Å². The van der Waals surface area contributed by atoms with Crippen molar-refractivity contribution in [2.24, 2.45) is 5.92 Å².